The molecule has 1 N–H and O–H groups in total. The summed E-state index contributed by atoms with van der Waals surface area (Å²) >= 11 is 0. The van der Waals surface area contributed by atoms with E-state index in [0.29, 0.717) is 23.7 Å². The van der Waals surface area contributed by atoms with Gasteiger partial charge < -0.3 is 24.8 Å². The molecule has 7 heteroatoms. The number of fused-ring (bicyclic) bond motifs is 2. The van der Waals surface area contributed by atoms with E-state index in [2.05, 4.69) is 22.2 Å². The van der Waals surface area contributed by atoms with Crippen LogP contribution in [0.1, 0.15) is 15.9 Å². The second-order valence-electron chi connectivity index (χ2n) is 9.71. The Balaban J connectivity index is 1.30. The lowest BCUT2D eigenvalue weighted by molar-refractivity contribution is 0.0982. The van der Waals surface area contributed by atoms with Crippen molar-refractivity contribution < 1.29 is 13.9 Å². The maximum atomic E-state index is 16.0. The van der Waals surface area contributed by atoms with Crippen molar-refractivity contribution in [2.24, 2.45) is 0 Å². The molecule has 2 aliphatic rings. The smallest absolute Gasteiger partial charge is 0.263 e. The summed E-state index contributed by atoms with van der Waals surface area (Å²) in [6.45, 7) is 4.29. The molecule has 0 saturated carbocycles. The summed E-state index contributed by atoms with van der Waals surface area (Å²) in [5.74, 6) is -0.583. The standard InChI is InChI=1S/C31H29FN4O2/c1-34-17-19-35(20-18-34)23-11-13-24(14-12-23)38-28-16-15-26-29(30(28)32)31(37)36(21-22-7-3-2-4-8-22)27-10-6-5-9-25(27)33-26/h2-16,33H,17-21H2,1H3. The number of likely N-dealkylation sites (N-methyl/N-ethyl adjacent to an activating group) is 1. The quantitative estimate of drug-likeness (QED) is 0.344. The number of amides is 1. The normalized spacial score (nSPS) is 15.4. The van der Waals surface area contributed by atoms with Crippen LogP contribution in [0.25, 0.3) is 0 Å². The van der Waals surface area contributed by atoms with E-state index < -0.39 is 11.7 Å². The number of carbonyl (C=O) groups excluding carboxylic acids is 1. The van der Waals surface area contributed by atoms with E-state index in [1.165, 1.54) is 0 Å². The number of piperazine rings is 1. The van der Waals surface area contributed by atoms with E-state index in [-0.39, 0.29) is 11.3 Å². The van der Waals surface area contributed by atoms with Crippen LogP contribution in [0.2, 0.25) is 0 Å². The van der Waals surface area contributed by atoms with E-state index in [4.69, 9.17) is 4.74 Å². The van der Waals surface area contributed by atoms with Crippen LogP contribution < -0.4 is 19.9 Å². The fourth-order valence-corrected chi connectivity index (χ4v) is 4.99. The molecule has 6 rings (SSSR count). The van der Waals surface area contributed by atoms with Crippen LogP contribution in [-0.2, 0) is 6.54 Å². The molecular formula is C31H29FN4O2. The lowest BCUT2D eigenvalue weighted by Crippen LogP contribution is -2.44. The predicted molar refractivity (Wildman–Crippen MR) is 149 cm³/mol. The molecule has 2 aliphatic heterocycles. The molecule has 1 saturated heterocycles. The molecule has 192 valence electrons. The lowest BCUT2D eigenvalue weighted by Gasteiger charge is -2.34. The van der Waals surface area contributed by atoms with Gasteiger partial charge in [0.15, 0.2) is 11.6 Å². The highest BCUT2D eigenvalue weighted by Gasteiger charge is 2.31. The van der Waals surface area contributed by atoms with E-state index in [9.17, 15) is 4.79 Å². The Morgan fingerprint density at radius 1 is 0.816 bits per heavy atom. The minimum atomic E-state index is -0.686. The molecule has 0 bridgehead atoms. The van der Waals surface area contributed by atoms with Gasteiger partial charge in [-0.2, -0.15) is 0 Å². The van der Waals surface area contributed by atoms with Gasteiger partial charge in [0.1, 0.15) is 11.3 Å². The molecule has 6 nitrogen and oxygen atoms in total. The van der Waals surface area contributed by atoms with Crippen LogP contribution in [-0.4, -0.2) is 44.0 Å². The van der Waals surface area contributed by atoms with Gasteiger partial charge in [-0.1, -0.05) is 42.5 Å². The summed E-state index contributed by atoms with van der Waals surface area (Å²) in [5, 5.41) is 3.26. The number of anilines is 4. The van der Waals surface area contributed by atoms with Crippen molar-refractivity contribution in [2.45, 2.75) is 6.54 Å². The molecule has 0 aliphatic carbocycles. The summed E-state index contributed by atoms with van der Waals surface area (Å²) in [6.07, 6.45) is 0. The first-order chi connectivity index (χ1) is 18.6. The van der Waals surface area contributed by atoms with Crippen molar-refractivity contribution >= 4 is 28.7 Å². The molecule has 0 atom stereocenters. The Kier molecular flexibility index (Phi) is 6.43. The van der Waals surface area contributed by atoms with Crippen molar-refractivity contribution in [2.75, 3.05) is 48.3 Å². The van der Waals surface area contributed by atoms with Crippen LogP contribution >= 0.6 is 0 Å². The number of rotatable bonds is 5. The Morgan fingerprint density at radius 3 is 2.29 bits per heavy atom. The summed E-state index contributed by atoms with van der Waals surface area (Å²) in [5.41, 5.74) is 3.87. The van der Waals surface area contributed by atoms with E-state index >= 15 is 4.39 Å². The monoisotopic (exact) mass is 508 g/mol. The number of nitrogens with one attached hydrogen (secondary N) is 1. The average molecular weight is 509 g/mol. The predicted octanol–water partition coefficient (Wildman–Crippen LogP) is 6.27. The molecule has 0 spiro atoms. The van der Waals surface area contributed by atoms with Gasteiger partial charge in [-0.05, 0) is 61.1 Å². The second kappa shape index (κ2) is 10.2. The molecule has 1 fully saturated rings. The van der Waals surface area contributed by atoms with Crippen LogP contribution in [0, 0.1) is 5.82 Å². The highest BCUT2D eigenvalue weighted by molar-refractivity contribution is 6.14. The van der Waals surface area contributed by atoms with Gasteiger partial charge in [-0.25, -0.2) is 4.39 Å². The van der Waals surface area contributed by atoms with Gasteiger partial charge in [0, 0.05) is 31.9 Å². The number of ether oxygens (including phenoxy) is 1. The minimum absolute atomic E-state index is 0.0110. The first kappa shape index (κ1) is 24.0. The lowest BCUT2D eigenvalue weighted by atomic mass is 10.1. The molecular weight excluding hydrogens is 479 g/mol. The third-order valence-corrected chi connectivity index (χ3v) is 7.15. The SMILES string of the molecule is CN1CCN(c2ccc(Oc3ccc4c(c3F)C(=O)N(Cc3ccccc3)c3ccccc3N4)cc2)CC1. The Hall–Kier alpha value is -4.36. The van der Waals surface area contributed by atoms with Gasteiger partial charge in [0.2, 0.25) is 0 Å². The summed E-state index contributed by atoms with van der Waals surface area (Å²) in [4.78, 5) is 20.1. The summed E-state index contributed by atoms with van der Waals surface area (Å²) in [7, 11) is 2.13. The van der Waals surface area contributed by atoms with Crippen LogP contribution in [0.3, 0.4) is 0 Å². The maximum Gasteiger partial charge on any atom is 0.263 e. The summed E-state index contributed by atoms with van der Waals surface area (Å²) in [6, 6.07) is 28.2. The Bertz CT molecular complexity index is 1450. The fourth-order valence-electron chi connectivity index (χ4n) is 4.99. The van der Waals surface area contributed by atoms with Crippen molar-refractivity contribution in [1.29, 1.82) is 0 Å². The molecule has 0 radical (unpaired) electrons. The van der Waals surface area contributed by atoms with Gasteiger partial charge in [-0.15, -0.1) is 0 Å². The van der Waals surface area contributed by atoms with Crippen LogP contribution in [0.5, 0.6) is 11.5 Å². The molecule has 38 heavy (non-hydrogen) atoms. The number of halogens is 1. The maximum absolute atomic E-state index is 16.0. The van der Waals surface area contributed by atoms with Crippen LogP contribution in [0.15, 0.2) is 91.0 Å². The Labute approximate surface area is 221 Å². The topological polar surface area (TPSA) is 48.1 Å². The minimum Gasteiger partial charge on any atom is -0.454 e. The molecule has 0 aromatic heterocycles. The highest BCUT2D eigenvalue weighted by Crippen LogP contribution is 2.40. The number of carbonyl (C=O) groups is 1. The van der Waals surface area contributed by atoms with Gasteiger partial charge >= 0.3 is 0 Å². The Morgan fingerprint density at radius 2 is 1.53 bits per heavy atom. The largest absolute Gasteiger partial charge is 0.454 e. The van der Waals surface area contributed by atoms with Gasteiger partial charge in [0.05, 0.1) is 23.6 Å². The van der Waals surface area contributed by atoms with E-state index in [0.717, 1.165) is 43.1 Å². The number of para-hydroxylation sites is 2. The van der Waals surface area contributed by atoms with Crippen LogP contribution in [0.4, 0.5) is 27.1 Å². The fraction of sp³-hybridized carbons (Fsp3) is 0.194. The van der Waals surface area contributed by atoms with Crippen molar-refractivity contribution in [3.05, 3.63) is 108 Å². The molecule has 0 unspecified atom stereocenters. The molecule has 4 aromatic rings. The van der Waals surface area contributed by atoms with E-state index in [1.54, 1.807) is 17.0 Å². The zero-order chi connectivity index (χ0) is 26.1. The molecule has 1 amide bonds. The number of nitrogens with zero attached hydrogens (tertiary/aromatic N) is 3. The average Bonchev–Trinajstić information content (AvgIpc) is 3.06. The van der Waals surface area contributed by atoms with Crippen molar-refractivity contribution in [3.8, 4) is 11.5 Å². The number of hydrogen-bond donors (Lipinski definition) is 1. The molecule has 4 aromatic carbocycles. The van der Waals surface area contributed by atoms with Crippen molar-refractivity contribution in [1.82, 2.24) is 4.90 Å². The third-order valence-electron chi connectivity index (χ3n) is 7.15. The van der Waals surface area contributed by atoms with E-state index in [1.807, 2.05) is 78.9 Å². The summed E-state index contributed by atoms with van der Waals surface area (Å²) < 4.78 is 21.9. The first-order valence-corrected chi connectivity index (χ1v) is 12.8. The third kappa shape index (κ3) is 4.68. The zero-order valence-electron chi connectivity index (χ0n) is 21.2. The number of benzene rings is 4. The number of hydrogen-bond acceptors (Lipinski definition) is 5. The highest BCUT2D eigenvalue weighted by atomic mass is 19.1. The van der Waals surface area contributed by atoms with Gasteiger partial charge in [0.25, 0.3) is 5.91 Å². The second-order valence-corrected chi connectivity index (χ2v) is 9.71. The first-order valence-electron chi connectivity index (χ1n) is 12.8. The van der Waals surface area contributed by atoms with Crippen molar-refractivity contribution in [3.63, 3.8) is 0 Å². The zero-order valence-corrected chi connectivity index (χ0v) is 21.2. The van der Waals surface area contributed by atoms with Gasteiger partial charge in [-0.3, -0.25) is 4.79 Å². The molecule has 2 heterocycles.